The molecule has 0 aliphatic carbocycles. The van der Waals surface area contributed by atoms with E-state index in [0.29, 0.717) is 12.8 Å². The van der Waals surface area contributed by atoms with Gasteiger partial charge in [0.2, 0.25) is 0 Å². The number of esters is 1. The second-order valence-electron chi connectivity index (χ2n) is 5.34. The van der Waals surface area contributed by atoms with Crippen molar-refractivity contribution in [3.05, 3.63) is 70.3 Å². The van der Waals surface area contributed by atoms with Gasteiger partial charge in [0.1, 0.15) is 0 Å². The summed E-state index contributed by atoms with van der Waals surface area (Å²) >= 11 is 0. The van der Waals surface area contributed by atoms with Gasteiger partial charge in [0, 0.05) is 17.5 Å². The Labute approximate surface area is 132 Å². The smallest absolute Gasteiger partial charge is 0.305 e. The largest absolute Gasteiger partial charge is 0.469 e. The Kier molecular flexibility index (Phi) is 5.38. The summed E-state index contributed by atoms with van der Waals surface area (Å²) in [6, 6.07) is 14.3. The number of carbonyl (C=O) groups excluding carboxylic acids is 1. The lowest BCUT2D eigenvalue weighted by molar-refractivity contribution is -0.140. The van der Waals surface area contributed by atoms with Crippen LogP contribution in [-0.4, -0.2) is 13.1 Å². The molecule has 2 aromatic carbocycles. The Hall–Kier alpha value is -2.53. The summed E-state index contributed by atoms with van der Waals surface area (Å²) in [4.78, 5) is 11.1. The molecule has 0 heterocycles. The molecule has 0 saturated carbocycles. The fourth-order valence-corrected chi connectivity index (χ4v) is 2.11. The molecule has 2 heteroatoms. The molecule has 0 bridgehead atoms. The third kappa shape index (κ3) is 4.49. The van der Waals surface area contributed by atoms with E-state index in [1.54, 1.807) is 0 Å². The highest BCUT2D eigenvalue weighted by Gasteiger charge is 2.01. The highest BCUT2D eigenvalue weighted by atomic mass is 16.5. The van der Waals surface area contributed by atoms with Crippen molar-refractivity contribution in [1.29, 1.82) is 0 Å². The summed E-state index contributed by atoms with van der Waals surface area (Å²) in [5, 5.41) is 0. The molecule has 0 fully saturated rings. The van der Waals surface area contributed by atoms with E-state index < -0.39 is 0 Å². The van der Waals surface area contributed by atoms with Gasteiger partial charge in [-0.25, -0.2) is 0 Å². The summed E-state index contributed by atoms with van der Waals surface area (Å²) < 4.78 is 4.64. The highest BCUT2D eigenvalue weighted by Crippen LogP contribution is 2.10. The van der Waals surface area contributed by atoms with Crippen molar-refractivity contribution in [2.75, 3.05) is 7.11 Å². The summed E-state index contributed by atoms with van der Waals surface area (Å²) in [7, 11) is 1.41. The molecule has 0 aliphatic rings. The van der Waals surface area contributed by atoms with Gasteiger partial charge in [0.15, 0.2) is 0 Å². The molecule has 0 aromatic heterocycles. The topological polar surface area (TPSA) is 26.3 Å². The lowest BCUT2D eigenvalue weighted by Crippen LogP contribution is -2.01. The fourth-order valence-electron chi connectivity index (χ4n) is 2.11. The van der Waals surface area contributed by atoms with Crippen molar-refractivity contribution < 1.29 is 9.53 Å². The zero-order chi connectivity index (χ0) is 15.9. The summed E-state index contributed by atoms with van der Waals surface area (Å²) in [6.45, 7) is 4.14. The van der Waals surface area contributed by atoms with E-state index >= 15 is 0 Å². The second kappa shape index (κ2) is 7.47. The van der Waals surface area contributed by atoms with Crippen molar-refractivity contribution in [3.8, 4) is 11.8 Å². The van der Waals surface area contributed by atoms with Crippen LogP contribution in [0.1, 0.15) is 34.2 Å². The van der Waals surface area contributed by atoms with Gasteiger partial charge in [-0.15, -0.1) is 0 Å². The number of methoxy groups -OCH3 is 1. The summed E-state index contributed by atoms with van der Waals surface area (Å²) in [5.74, 6) is 6.23. The predicted molar refractivity (Wildman–Crippen MR) is 88.7 cm³/mol. The Morgan fingerprint density at radius 3 is 2.45 bits per heavy atom. The van der Waals surface area contributed by atoms with Crippen LogP contribution in [0.25, 0.3) is 0 Å². The van der Waals surface area contributed by atoms with Crippen LogP contribution in [0.2, 0.25) is 0 Å². The third-order valence-electron chi connectivity index (χ3n) is 3.53. The van der Waals surface area contributed by atoms with Crippen LogP contribution < -0.4 is 0 Å². The van der Waals surface area contributed by atoms with Crippen LogP contribution in [0, 0.1) is 25.7 Å². The lowest BCUT2D eigenvalue weighted by atomic mass is 10.0. The molecule has 0 saturated heterocycles. The zero-order valence-electron chi connectivity index (χ0n) is 13.3. The Bertz CT molecular complexity index is 716. The van der Waals surface area contributed by atoms with Gasteiger partial charge in [-0.1, -0.05) is 36.1 Å². The third-order valence-corrected chi connectivity index (χ3v) is 3.53. The minimum atomic E-state index is -0.182. The highest BCUT2D eigenvalue weighted by molar-refractivity contribution is 5.69. The van der Waals surface area contributed by atoms with Gasteiger partial charge < -0.3 is 4.74 Å². The van der Waals surface area contributed by atoms with Crippen LogP contribution >= 0.6 is 0 Å². The molecule has 0 radical (unpaired) electrons. The van der Waals surface area contributed by atoms with E-state index in [0.717, 1.165) is 16.7 Å². The molecular weight excluding hydrogens is 272 g/mol. The predicted octanol–water partition coefficient (Wildman–Crippen LogP) is 3.81. The Balaban J connectivity index is 2.07. The minimum absolute atomic E-state index is 0.182. The molecule has 0 unspecified atom stereocenters. The fraction of sp³-hybridized carbons (Fsp3) is 0.250. The van der Waals surface area contributed by atoms with Gasteiger partial charge in [0.05, 0.1) is 7.11 Å². The van der Waals surface area contributed by atoms with Gasteiger partial charge in [0.25, 0.3) is 0 Å². The number of hydrogen-bond donors (Lipinski definition) is 0. The number of ether oxygens (including phenoxy) is 1. The molecule has 0 spiro atoms. The van der Waals surface area contributed by atoms with Crippen molar-refractivity contribution in [3.63, 3.8) is 0 Å². The van der Waals surface area contributed by atoms with Crippen LogP contribution in [0.4, 0.5) is 0 Å². The van der Waals surface area contributed by atoms with Crippen molar-refractivity contribution in [1.82, 2.24) is 0 Å². The minimum Gasteiger partial charge on any atom is -0.469 e. The molecule has 0 amide bonds. The summed E-state index contributed by atoms with van der Waals surface area (Å²) in [5.41, 5.74) is 5.56. The first-order valence-corrected chi connectivity index (χ1v) is 7.33. The second-order valence-corrected chi connectivity index (χ2v) is 5.34. The maximum Gasteiger partial charge on any atom is 0.305 e. The van der Waals surface area contributed by atoms with E-state index in [1.165, 1.54) is 18.2 Å². The maximum atomic E-state index is 11.1. The van der Waals surface area contributed by atoms with Crippen LogP contribution in [-0.2, 0) is 16.0 Å². The standard InChI is InChI=1S/C20H20O2/c1-15-4-5-16(2)19(14-15)12-10-17-6-8-18(9-7-17)11-13-20(21)22-3/h4-9,14H,11,13H2,1-3H3. The molecule has 112 valence electrons. The summed E-state index contributed by atoms with van der Waals surface area (Å²) in [6.07, 6.45) is 1.10. The number of hydrogen-bond acceptors (Lipinski definition) is 2. The number of aryl methyl sites for hydroxylation is 3. The van der Waals surface area contributed by atoms with E-state index in [2.05, 4.69) is 48.6 Å². The van der Waals surface area contributed by atoms with E-state index in [4.69, 9.17) is 0 Å². The molecule has 0 atom stereocenters. The normalized spacial score (nSPS) is 9.77. The molecule has 22 heavy (non-hydrogen) atoms. The molecule has 2 nitrogen and oxygen atoms in total. The van der Waals surface area contributed by atoms with E-state index in [-0.39, 0.29) is 5.97 Å². The first-order valence-electron chi connectivity index (χ1n) is 7.33. The molecule has 0 N–H and O–H groups in total. The number of benzene rings is 2. The Morgan fingerprint density at radius 1 is 1.05 bits per heavy atom. The van der Waals surface area contributed by atoms with Crippen LogP contribution in [0.15, 0.2) is 42.5 Å². The lowest BCUT2D eigenvalue weighted by Gasteiger charge is -2.01. The number of rotatable bonds is 3. The quantitative estimate of drug-likeness (QED) is 0.635. The SMILES string of the molecule is COC(=O)CCc1ccc(C#Cc2cc(C)ccc2C)cc1. The average molecular weight is 292 g/mol. The molecular formula is C20H20O2. The zero-order valence-corrected chi connectivity index (χ0v) is 13.3. The van der Waals surface area contributed by atoms with Gasteiger partial charge in [-0.3, -0.25) is 4.79 Å². The van der Waals surface area contributed by atoms with Gasteiger partial charge in [-0.2, -0.15) is 0 Å². The first-order chi connectivity index (χ1) is 10.6. The average Bonchev–Trinajstić information content (AvgIpc) is 2.54. The number of carbonyl (C=O) groups is 1. The monoisotopic (exact) mass is 292 g/mol. The van der Waals surface area contributed by atoms with Gasteiger partial charge >= 0.3 is 5.97 Å². The van der Waals surface area contributed by atoms with Crippen LogP contribution in [0.3, 0.4) is 0 Å². The van der Waals surface area contributed by atoms with Crippen LogP contribution in [0.5, 0.6) is 0 Å². The molecule has 0 aliphatic heterocycles. The van der Waals surface area contributed by atoms with Crippen molar-refractivity contribution in [2.45, 2.75) is 26.7 Å². The molecule has 2 rings (SSSR count). The maximum absolute atomic E-state index is 11.1. The van der Waals surface area contributed by atoms with E-state index in [1.807, 2.05) is 24.3 Å². The van der Waals surface area contributed by atoms with Gasteiger partial charge in [-0.05, 0) is 55.2 Å². The first kappa shape index (κ1) is 15.9. The van der Waals surface area contributed by atoms with Crippen molar-refractivity contribution >= 4 is 5.97 Å². The molecule has 2 aromatic rings. The van der Waals surface area contributed by atoms with E-state index in [9.17, 15) is 4.79 Å². The van der Waals surface area contributed by atoms with Crippen molar-refractivity contribution in [2.24, 2.45) is 0 Å². The Morgan fingerprint density at radius 2 is 1.77 bits per heavy atom.